The first-order valence-corrected chi connectivity index (χ1v) is 5.85. The minimum absolute atomic E-state index is 0. The molecule has 0 heterocycles. The molecule has 1 aromatic rings. The third-order valence-corrected chi connectivity index (χ3v) is 2.22. The number of ether oxygens (including phenoxy) is 2. The van der Waals surface area contributed by atoms with Crippen LogP contribution in [0, 0.1) is 0 Å². The van der Waals surface area contributed by atoms with Crippen molar-refractivity contribution >= 4 is 11.9 Å². The molecule has 0 spiro atoms. The molecule has 0 radical (unpaired) electrons. The summed E-state index contributed by atoms with van der Waals surface area (Å²) in [6, 6.07) is 7.39. The van der Waals surface area contributed by atoms with Crippen molar-refractivity contribution < 1.29 is 63.2 Å². The second-order valence-electron chi connectivity index (χ2n) is 3.86. The number of alkyl halides is 3. The molecule has 0 aliphatic heterocycles. The van der Waals surface area contributed by atoms with Gasteiger partial charge in [-0.05, 0) is 6.42 Å². The molecule has 1 rings (SSSR count). The van der Waals surface area contributed by atoms with E-state index in [0.717, 1.165) is 0 Å². The number of hydrogen-bond donors (Lipinski definition) is 0. The van der Waals surface area contributed by atoms with Crippen molar-refractivity contribution in [2.45, 2.75) is 25.6 Å². The van der Waals surface area contributed by atoms with Gasteiger partial charge in [0, 0.05) is 5.56 Å². The summed E-state index contributed by atoms with van der Waals surface area (Å²) in [7, 11) is 0. The molecule has 0 bridgehead atoms. The average molecular weight is 314 g/mol. The zero-order valence-electron chi connectivity index (χ0n) is 12.6. The van der Waals surface area contributed by atoms with E-state index in [2.05, 4.69) is 4.74 Å². The van der Waals surface area contributed by atoms with Gasteiger partial charge in [-0.3, -0.25) is 0 Å². The molecule has 1 aromatic carbocycles. The number of rotatable bonds is 5. The molecule has 112 valence electrons. The van der Waals surface area contributed by atoms with Gasteiger partial charge in [-0.2, -0.15) is 13.2 Å². The SMILES string of the molecule is CCCOC(=O)C(OC(=O)C(F)(F)F)c1ccccc1.[H-].[Na+]. The smallest absolute Gasteiger partial charge is 1.00 e. The maximum Gasteiger partial charge on any atom is 1.00 e. The molecule has 0 amide bonds. The minimum atomic E-state index is -5.17. The van der Waals surface area contributed by atoms with Crippen LogP contribution >= 0.6 is 0 Å². The molecule has 0 saturated carbocycles. The Kier molecular flexibility index (Phi) is 8.61. The van der Waals surface area contributed by atoms with E-state index in [4.69, 9.17) is 4.74 Å². The fourth-order valence-electron chi connectivity index (χ4n) is 1.33. The van der Waals surface area contributed by atoms with E-state index in [1.54, 1.807) is 13.0 Å². The number of carbonyl (C=O) groups is 2. The van der Waals surface area contributed by atoms with Crippen LogP contribution in [0.5, 0.6) is 0 Å². The van der Waals surface area contributed by atoms with Crippen LogP contribution in [0.4, 0.5) is 13.2 Å². The normalized spacial score (nSPS) is 12.0. The van der Waals surface area contributed by atoms with Gasteiger partial charge in [0.1, 0.15) is 0 Å². The molecule has 0 fully saturated rings. The van der Waals surface area contributed by atoms with Gasteiger partial charge in [0.25, 0.3) is 0 Å². The maximum atomic E-state index is 12.2. The molecule has 21 heavy (non-hydrogen) atoms. The molecule has 4 nitrogen and oxygen atoms in total. The summed E-state index contributed by atoms with van der Waals surface area (Å²) in [5.74, 6) is -3.46. The Labute approximate surface area is 143 Å². The monoisotopic (exact) mass is 314 g/mol. The summed E-state index contributed by atoms with van der Waals surface area (Å²) in [6.45, 7) is 1.76. The second-order valence-corrected chi connectivity index (χ2v) is 3.86. The molecular formula is C13H14F3NaO4. The summed E-state index contributed by atoms with van der Waals surface area (Å²) < 4.78 is 45.6. The second kappa shape index (κ2) is 9.07. The molecule has 0 saturated heterocycles. The molecular weight excluding hydrogens is 300 g/mol. The molecule has 0 aliphatic rings. The van der Waals surface area contributed by atoms with Crippen molar-refractivity contribution in [3.8, 4) is 0 Å². The molecule has 1 unspecified atom stereocenters. The average Bonchev–Trinajstić information content (AvgIpc) is 2.41. The third kappa shape index (κ3) is 6.50. The number of hydrogen-bond acceptors (Lipinski definition) is 4. The van der Waals surface area contributed by atoms with Crippen LogP contribution in [0.15, 0.2) is 30.3 Å². The Balaban J connectivity index is 0. The van der Waals surface area contributed by atoms with Crippen molar-refractivity contribution in [3.63, 3.8) is 0 Å². The number of carbonyl (C=O) groups excluding carboxylic acids is 2. The van der Waals surface area contributed by atoms with E-state index >= 15 is 0 Å². The Morgan fingerprint density at radius 3 is 2.29 bits per heavy atom. The van der Waals surface area contributed by atoms with E-state index < -0.39 is 24.2 Å². The van der Waals surface area contributed by atoms with E-state index in [1.807, 2.05) is 0 Å². The summed E-state index contributed by atoms with van der Waals surface area (Å²) in [6.07, 6.45) is -6.39. The first-order valence-electron chi connectivity index (χ1n) is 5.85. The van der Waals surface area contributed by atoms with Crippen molar-refractivity contribution in [1.29, 1.82) is 0 Å². The fraction of sp³-hybridized carbons (Fsp3) is 0.385. The predicted octanol–water partition coefficient (Wildman–Crippen LogP) is -0.0971. The zero-order valence-corrected chi connectivity index (χ0v) is 13.6. The maximum absolute atomic E-state index is 12.2. The summed E-state index contributed by atoms with van der Waals surface area (Å²) >= 11 is 0. The van der Waals surface area contributed by atoms with Gasteiger partial charge in [-0.1, -0.05) is 37.3 Å². The van der Waals surface area contributed by atoms with E-state index in [9.17, 15) is 22.8 Å². The van der Waals surface area contributed by atoms with Crippen molar-refractivity contribution in [3.05, 3.63) is 35.9 Å². The van der Waals surface area contributed by atoms with Crippen LogP contribution in [0.3, 0.4) is 0 Å². The summed E-state index contributed by atoms with van der Waals surface area (Å²) in [5.41, 5.74) is 0.117. The first kappa shape index (κ1) is 19.9. The number of halogens is 3. The molecule has 1 atom stereocenters. The largest absolute Gasteiger partial charge is 1.00 e. The fourth-order valence-corrected chi connectivity index (χ4v) is 1.33. The van der Waals surface area contributed by atoms with E-state index in [-0.39, 0.29) is 43.2 Å². The Hall–Kier alpha value is -1.05. The zero-order chi connectivity index (χ0) is 15.2. The summed E-state index contributed by atoms with van der Waals surface area (Å²) in [4.78, 5) is 22.6. The van der Waals surface area contributed by atoms with Crippen LogP contribution in [-0.2, 0) is 19.1 Å². The van der Waals surface area contributed by atoms with Gasteiger partial charge in [-0.25, -0.2) is 9.59 Å². The summed E-state index contributed by atoms with van der Waals surface area (Å²) in [5, 5.41) is 0. The quantitative estimate of drug-likeness (QED) is 0.563. The molecule has 0 aliphatic carbocycles. The van der Waals surface area contributed by atoms with Crippen LogP contribution in [-0.4, -0.2) is 24.7 Å². The molecule has 8 heteroatoms. The topological polar surface area (TPSA) is 52.6 Å². The van der Waals surface area contributed by atoms with Crippen molar-refractivity contribution in [2.24, 2.45) is 0 Å². The molecule has 0 N–H and O–H groups in total. The predicted molar refractivity (Wildman–Crippen MR) is 63.7 cm³/mol. The van der Waals surface area contributed by atoms with Crippen LogP contribution in [0.1, 0.15) is 26.4 Å². The minimum Gasteiger partial charge on any atom is -1.00 e. The van der Waals surface area contributed by atoms with Gasteiger partial charge in [0.05, 0.1) is 6.61 Å². The van der Waals surface area contributed by atoms with E-state index in [0.29, 0.717) is 6.42 Å². The van der Waals surface area contributed by atoms with Gasteiger partial charge < -0.3 is 10.9 Å². The van der Waals surface area contributed by atoms with Crippen molar-refractivity contribution in [2.75, 3.05) is 6.61 Å². The van der Waals surface area contributed by atoms with Gasteiger partial charge in [-0.15, -0.1) is 0 Å². The third-order valence-electron chi connectivity index (χ3n) is 2.22. The Morgan fingerprint density at radius 2 is 1.81 bits per heavy atom. The van der Waals surface area contributed by atoms with Crippen molar-refractivity contribution in [1.82, 2.24) is 0 Å². The van der Waals surface area contributed by atoms with Gasteiger partial charge >= 0.3 is 47.7 Å². The Morgan fingerprint density at radius 1 is 1.24 bits per heavy atom. The van der Waals surface area contributed by atoms with Gasteiger partial charge in [0.15, 0.2) is 0 Å². The number of esters is 2. The number of benzene rings is 1. The first-order chi connectivity index (χ1) is 9.36. The Bertz CT molecular complexity index is 468. The van der Waals surface area contributed by atoms with E-state index in [1.165, 1.54) is 24.3 Å². The molecule has 0 aromatic heterocycles. The van der Waals surface area contributed by atoms with Gasteiger partial charge in [0.2, 0.25) is 6.10 Å². The van der Waals surface area contributed by atoms with Crippen LogP contribution in [0.25, 0.3) is 0 Å². The standard InChI is InChI=1S/C13H13F3O4.Na.H/c1-2-8-19-11(17)10(9-6-4-3-5-7-9)20-12(18)13(14,15)16;;/h3-7,10H,2,8H2,1H3;;/q;+1;-1. The van der Waals surface area contributed by atoms with Crippen LogP contribution < -0.4 is 29.6 Å². The van der Waals surface area contributed by atoms with Crippen LogP contribution in [0.2, 0.25) is 0 Å².